The Kier molecular flexibility index (Phi) is 4.99. The normalized spacial score (nSPS) is 55.3. The average Bonchev–Trinajstić information content (AvgIpc) is 2.74. The minimum atomic E-state index is -0.589. The van der Waals surface area contributed by atoms with Crippen molar-refractivity contribution in [1.82, 2.24) is 0 Å². The van der Waals surface area contributed by atoms with Gasteiger partial charge in [0, 0.05) is 5.41 Å². The molecule has 0 heterocycles. The summed E-state index contributed by atoms with van der Waals surface area (Å²) >= 11 is 0. The molecule has 4 fully saturated rings. The molecule has 0 radical (unpaired) electrons. The van der Waals surface area contributed by atoms with Gasteiger partial charge in [0.05, 0.1) is 11.5 Å². The predicted octanol–water partition coefficient (Wildman–Crippen LogP) is 7.23. The zero-order valence-electron chi connectivity index (χ0n) is 22.3. The largest absolute Gasteiger partial charge is 0.481 e. The van der Waals surface area contributed by atoms with Gasteiger partial charge in [0.1, 0.15) is 0 Å². The van der Waals surface area contributed by atoms with Crippen molar-refractivity contribution in [3.05, 3.63) is 11.6 Å². The van der Waals surface area contributed by atoms with Crippen LogP contribution in [0, 0.1) is 50.2 Å². The number of carboxylic acids is 1. The third-order valence-corrected chi connectivity index (χ3v) is 13.3. The molecule has 5 aliphatic carbocycles. The van der Waals surface area contributed by atoms with E-state index in [0.29, 0.717) is 17.8 Å². The average molecular weight is 457 g/mol. The molecule has 2 N–H and O–H groups in total. The van der Waals surface area contributed by atoms with E-state index in [9.17, 15) is 15.0 Å². The van der Waals surface area contributed by atoms with Gasteiger partial charge in [-0.2, -0.15) is 0 Å². The zero-order valence-corrected chi connectivity index (χ0v) is 22.3. The molecule has 0 aromatic carbocycles. The van der Waals surface area contributed by atoms with Crippen molar-refractivity contribution >= 4 is 5.97 Å². The Morgan fingerprint density at radius 2 is 1.45 bits per heavy atom. The second kappa shape index (κ2) is 6.89. The van der Waals surface area contributed by atoms with Crippen molar-refractivity contribution < 1.29 is 15.0 Å². The SMILES string of the molecule is CC1(C(=O)O)CCC2(C)CCC3(C)C4CC=C5C(CCC(O)C5(C)C)C4(C)CCC3(C)C2C1. The lowest BCUT2D eigenvalue weighted by Gasteiger charge is -2.73. The van der Waals surface area contributed by atoms with Gasteiger partial charge in [-0.25, -0.2) is 0 Å². The molecule has 0 amide bonds. The number of carbonyl (C=O) groups is 1. The van der Waals surface area contributed by atoms with Gasteiger partial charge in [-0.1, -0.05) is 53.2 Å². The molecule has 3 heteroatoms. The van der Waals surface area contributed by atoms with Gasteiger partial charge < -0.3 is 10.2 Å². The van der Waals surface area contributed by atoms with Gasteiger partial charge in [0.15, 0.2) is 0 Å². The minimum Gasteiger partial charge on any atom is -0.481 e. The maximum Gasteiger partial charge on any atom is 0.309 e. The summed E-state index contributed by atoms with van der Waals surface area (Å²) in [5.74, 6) is 1.12. The molecule has 0 aromatic heterocycles. The van der Waals surface area contributed by atoms with Crippen LogP contribution in [-0.2, 0) is 4.79 Å². The van der Waals surface area contributed by atoms with E-state index in [1.54, 1.807) is 0 Å². The molecule has 0 saturated heterocycles. The fourth-order valence-electron chi connectivity index (χ4n) is 10.5. The summed E-state index contributed by atoms with van der Waals surface area (Å²) in [5, 5.41) is 20.9. The number of aliphatic carboxylic acids is 1. The fraction of sp³-hybridized carbons (Fsp3) is 0.900. The van der Waals surface area contributed by atoms with Crippen LogP contribution >= 0.6 is 0 Å². The molecular weight excluding hydrogens is 408 g/mol. The van der Waals surface area contributed by atoms with Crippen LogP contribution < -0.4 is 0 Å². The number of allylic oxidation sites excluding steroid dienone is 1. The van der Waals surface area contributed by atoms with Crippen LogP contribution in [0.15, 0.2) is 11.6 Å². The van der Waals surface area contributed by atoms with Crippen LogP contribution in [0.25, 0.3) is 0 Å². The molecule has 5 aliphatic rings. The van der Waals surface area contributed by atoms with Crippen LogP contribution in [0.1, 0.15) is 113 Å². The molecule has 186 valence electrons. The molecular formula is C30H48O3. The summed E-state index contributed by atoms with van der Waals surface area (Å²) in [4.78, 5) is 12.3. The molecule has 0 bridgehead atoms. The molecule has 0 aliphatic heterocycles. The molecule has 9 atom stereocenters. The first-order chi connectivity index (χ1) is 15.1. The highest BCUT2D eigenvalue weighted by atomic mass is 16.4. The summed E-state index contributed by atoms with van der Waals surface area (Å²) in [6.07, 6.45) is 13.2. The molecule has 5 rings (SSSR count). The van der Waals surface area contributed by atoms with E-state index >= 15 is 0 Å². The summed E-state index contributed by atoms with van der Waals surface area (Å²) in [7, 11) is 0. The second-order valence-corrected chi connectivity index (χ2v) is 14.9. The van der Waals surface area contributed by atoms with Crippen LogP contribution in [0.2, 0.25) is 0 Å². The number of aliphatic hydroxyl groups is 1. The van der Waals surface area contributed by atoms with Gasteiger partial charge in [-0.3, -0.25) is 4.79 Å². The number of hydrogen-bond acceptors (Lipinski definition) is 2. The lowest BCUT2D eigenvalue weighted by molar-refractivity contribution is -0.232. The van der Waals surface area contributed by atoms with Crippen LogP contribution in [0.5, 0.6) is 0 Å². The molecule has 33 heavy (non-hydrogen) atoms. The Morgan fingerprint density at radius 3 is 2.12 bits per heavy atom. The standard InChI is InChI=1S/C30H48O3/c1-25(2)19-8-10-21-28(5,20(19)9-11-23(25)31)15-17-30(7)22-18-27(4,24(32)33)13-12-26(22,3)14-16-29(21,30)6/h8,20-23,31H,9-18H2,1-7H3,(H,32,33). The van der Waals surface area contributed by atoms with Gasteiger partial charge in [-0.05, 0) is 111 Å². The second-order valence-electron chi connectivity index (χ2n) is 14.9. The highest BCUT2D eigenvalue weighted by Gasteiger charge is 2.69. The third kappa shape index (κ3) is 2.87. The number of hydrogen-bond donors (Lipinski definition) is 2. The Labute approximate surface area is 201 Å². The van der Waals surface area contributed by atoms with Gasteiger partial charge in [0.25, 0.3) is 0 Å². The predicted molar refractivity (Wildman–Crippen MR) is 133 cm³/mol. The number of rotatable bonds is 1. The van der Waals surface area contributed by atoms with Crippen molar-refractivity contribution in [3.8, 4) is 0 Å². The highest BCUT2D eigenvalue weighted by Crippen LogP contribution is 2.77. The van der Waals surface area contributed by atoms with E-state index in [1.807, 2.05) is 6.92 Å². The Balaban J connectivity index is 1.56. The monoisotopic (exact) mass is 456 g/mol. The van der Waals surface area contributed by atoms with Gasteiger partial charge in [0.2, 0.25) is 0 Å². The van der Waals surface area contributed by atoms with Crippen LogP contribution in [-0.4, -0.2) is 22.3 Å². The lowest BCUT2D eigenvalue weighted by atomic mass is 9.31. The maximum atomic E-state index is 12.3. The maximum absolute atomic E-state index is 12.3. The lowest BCUT2D eigenvalue weighted by Crippen LogP contribution is -2.66. The first kappa shape index (κ1) is 23.9. The summed E-state index contributed by atoms with van der Waals surface area (Å²) in [6.45, 7) is 16.8. The Hall–Kier alpha value is -0.830. The van der Waals surface area contributed by atoms with E-state index in [1.165, 1.54) is 31.3 Å². The molecule has 0 spiro atoms. The number of carboxylic acid groups (broad SMARTS) is 1. The summed E-state index contributed by atoms with van der Waals surface area (Å²) in [6, 6.07) is 0. The number of aliphatic hydroxyl groups excluding tert-OH is 1. The highest BCUT2D eigenvalue weighted by molar-refractivity contribution is 5.74. The van der Waals surface area contributed by atoms with E-state index in [-0.39, 0.29) is 33.2 Å². The van der Waals surface area contributed by atoms with Crippen molar-refractivity contribution in [2.45, 2.75) is 119 Å². The zero-order chi connectivity index (χ0) is 24.2. The van der Waals surface area contributed by atoms with Crippen LogP contribution in [0.3, 0.4) is 0 Å². The van der Waals surface area contributed by atoms with Gasteiger partial charge in [-0.15, -0.1) is 0 Å². The summed E-state index contributed by atoms with van der Waals surface area (Å²) < 4.78 is 0. The van der Waals surface area contributed by atoms with Gasteiger partial charge >= 0.3 is 5.97 Å². The minimum absolute atomic E-state index is 0.115. The molecule has 3 nitrogen and oxygen atoms in total. The topological polar surface area (TPSA) is 57.5 Å². The smallest absolute Gasteiger partial charge is 0.309 e. The fourth-order valence-corrected chi connectivity index (χ4v) is 10.5. The van der Waals surface area contributed by atoms with Crippen molar-refractivity contribution in [2.75, 3.05) is 0 Å². The molecule has 9 unspecified atom stereocenters. The Morgan fingerprint density at radius 1 is 0.848 bits per heavy atom. The van der Waals surface area contributed by atoms with E-state index in [2.05, 4.69) is 47.6 Å². The van der Waals surface area contributed by atoms with E-state index in [4.69, 9.17) is 0 Å². The molecule has 0 aromatic rings. The Bertz CT molecular complexity index is 889. The van der Waals surface area contributed by atoms with E-state index < -0.39 is 11.4 Å². The number of fused-ring (bicyclic) bond motifs is 7. The van der Waals surface area contributed by atoms with E-state index in [0.717, 1.165) is 38.5 Å². The van der Waals surface area contributed by atoms with Crippen molar-refractivity contribution in [2.24, 2.45) is 50.2 Å². The van der Waals surface area contributed by atoms with Crippen LogP contribution in [0.4, 0.5) is 0 Å². The first-order valence-electron chi connectivity index (χ1n) is 13.8. The quantitative estimate of drug-likeness (QED) is 0.409. The van der Waals surface area contributed by atoms with Crippen molar-refractivity contribution in [1.29, 1.82) is 0 Å². The first-order valence-corrected chi connectivity index (χ1v) is 13.8. The summed E-state index contributed by atoms with van der Waals surface area (Å²) in [5.41, 5.74) is 1.84. The molecule has 4 saturated carbocycles. The van der Waals surface area contributed by atoms with Crippen molar-refractivity contribution in [3.63, 3.8) is 0 Å². The third-order valence-electron chi connectivity index (χ3n) is 13.3.